The Morgan fingerprint density at radius 1 is 1.29 bits per heavy atom. The number of ether oxygens (including phenoxy) is 1. The molecule has 1 aromatic heterocycles. The number of carbonyl (C=O) groups is 1. The smallest absolute Gasteiger partial charge is 0.211 e. The Kier molecular flexibility index (Phi) is 3.14. The maximum Gasteiger partial charge on any atom is 0.211 e. The molecule has 0 radical (unpaired) electrons. The van der Waals surface area contributed by atoms with Crippen LogP contribution >= 0.6 is 0 Å². The lowest BCUT2D eigenvalue weighted by molar-refractivity contribution is 0.103. The Bertz CT molecular complexity index is 537. The molecule has 86 valence electrons. The second-order valence-corrected chi connectivity index (χ2v) is 3.42. The lowest BCUT2D eigenvalue weighted by Gasteiger charge is -2.03. The number of ketones is 1. The number of rotatable bonds is 3. The SMILES string of the molecule is COc1cccc(C(=O)c2ccc(F)cn2)c1. The number of aromatic nitrogens is 1. The Hall–Kier alpha value is -2.23. The molecule has 0 unspecified atom stereocenters. The molecule has 0 aliphatic carbocycles. The van der Waals surface area contributed by atoms with Gasteiger partial charge in [0.25, 0.3) is 0 Å². The van der Waals surface area contributed by atoms with Crippen molar-refractivity contribution in [2.24, 2.45) is 0 Å². The first kappa shape index (κ1) is 11.3. The predicted octanol–water partition coefficient (Wildman–Crippen LogP) is 2.46. The van der Waals surface area contributed by atoms with Gasteiger partial charge in [-0.25, -0.2) is 9.37 Å². The van der Waals surface area contributed by atoms with E-state index >= 15 is 0 Å². The molecule has 0 fully saturated rings. The van der Waals surface area contributed by atoms with Gasteiger partial charge in [-0.1, -0.05) is 12.1 Å². The largest absolute Gasteiger partial charge is 0.497 e. The number of benzene rings is 1. The van der Waals surface area contributed by atoms with Gasteiger partial charge in [-0.3, -0.25) is 4.79 Å². The van der Waals surface area contributed by atoms with Crippen molar-refractivity contribution < 1.29 is 13.9 Å². The standard InChI is InChI=1S/C13H10FNO2/c1-17-11-4-2-3-9(7-11)13(16)12-6-5-10(14)8-15-12/h2-8H,1H3. The van der Waals surface area contributed by atoms with E-state index in [1.165, 1.54) is 19.2 Å². The molecule has 4 heteroatoms. The Balaban J connectivity index is 2.33. The zero-order chi connectivity index (χ0) is 12.3. The lowest BCUT2D eigenvalue weighted by atomic mass is 10.1. The maximum absolute atomic E-state index is 12.7. The number of carbonyl (C=O) groups excluding carboxylic acids is 1. The molecule has 17 heavy (non-hydrogen) atoms. The highest BCUT2D eigenvalue weighted by molar-refractivity contribution is 6.07. The summed E-state index contributed by atoms with van der Waals surface area (Å²) in [5.41, 5.74) is 0.670. The third-order valence-electron chi connectivity index (χ3n) is 2.29. The third-order valence-corrected chi connectivity index (χ3v) is 2.29. The van der Waals surface area contributed by atoms with Crippen LogP contribution in [0.25, 0.3) is 0 Å². The second-order valence-electron chi connectivity index (χ2n) is 3.42. The van der Waals surface area contributed by atoms with Crippen LogP contribution in [0.1, 0.15) is 16.1 Å². The van der Waals surface area contributed by atoms with Crippen LogP contribution in [0.3, 0.4) is 0 Å². The highest BCUT2D eigenvalue weighted by Crippen LogP contribution is 2.15. The summed E-state index contributed by atoms with van der Waals surface area (Å²) in [6.07, 6.45) is 1.02. The minimum atomic E-state index is -0.466. The van der Waals surface area contributed by atoms with Crippen LogP contribution in [0.4, 0.5) is 4.39 Å². The number of methoxy groups -OCH3 is 1. The molecule has 0 spiro atoms. The molecule has 2 rings (SSSR count). The van der Waals surface area contributed by atoms with Gasteiger partial charge in [0, 0.05) is 5.56 Å². The minimum absolute atomic E-state index is 0.208. The fourth-order valence-electron chi connectivity index (χ4n) is 1.42. The van der Waals surface area contributed by atoms with Crippen LogP contribution in [0.15, 0.2) is 42.6 Å². The summed E-state index contributed by atoms with van der Waals surface area (Å²) < 4.78 is 17.7. The summed E-state index contributed by atoms with van der Waals surface area (Å²) in [6, 6.07) is 9.31. The molecule has 3 nitrogen and oxygen atoms in total. The monoisotopic (exact) mass is 231 g/mol. The number of nitrogens with zero attached hydrogens (tertiary/aromatic N) is 1. The number of pyridine rings is 1. The van der Waals surface area contributed by atoms with E-state index in [9.17, 15) is 9.18 Å². The van der Waals surface area contributed by atoms with Crippen molar-refractivity contribution in [2.75, 3.05) is 7.11 Å². The quantitative estimate of drug-likeness (QED) is 0.762. The van der Waals surface area contributed by atoms with Crippen molar-refractivity contribution in [3.63, 3.8) is 0 Å². The van der Waals surface area contributed by atoms with Crippen molar-refractivity contribution in [3.05, 3.63) is 59.7 Å². The third kappa shape index (κ3) is 2.47. The highest BCUT2D eigenvalue weighted by Gasteiger charge is 2.11. The van der Waals surface area contributed by atoms with Gasteiger partial charge in [-0.2, -0.15) is 0 Å². The average Bonchev–Trinajstić information content (AvgIpc) is 2.39. The van der Waals surface area contributed by atoms with E-state index in [2.05, 4.69) is 4.98 Å². The van der Waals surface area contributed by atoms with Crippen LogP contribution in [-0.4, -0.2) is 17.9 Å². The molecule has 0 N–H and O–H groups in total. The van der Waals surface area contributed by atoms with Crippen LogP contribution in [0.2, 0.25) is 0 Å². The molecular weight excluding hydrogens is 221 g/mol. The Morgan fingerprint density at radius 2 is 2.12 bits per heavy atom. The van der Waals surface area contributed by atoms with Gasteiger partial charge in [0.15, 0.2) is 0 Å². The van der Waals surface area contributed by atoms with Gasteiger partial charge >= 0.3 is 0 Å². The van der Waals surface area contributed by atoms with Crippen molar-refractivity contribution in [1.29, 1.82) is 0 Å². The van der Waals surface area contributed by atoms with E-state index in [1.807, 2.05) is 0 Å². The zero-order valence-electron chi connectivity index (χ0n) is 9.18. The second kappa shape index (κ2) is 4.74. The highest BCUT2D eigenvalue weighted by atomic mass is 19.1. The first-order valence-electron chi connectivity index (χ1n) is 5.01. The van der Waals surface area contributed by atoms with Crippen LogP contribution in [0, 0.1) is 5.82 Å². The van der Waals surface area contributed by atoms with E-state index in [4.69, 9.17) is 4.74 Å². The number of hydrogen-bond acceptors (Lipinski definition) is 3. The number of hydrogen-bond donors (Lipinski definition) is 0. The topological polar surface area (TPSA) is 39.2 Å². The normalized spacial score (nSPS) is 10.0. The molecule has 0 bridgehead atoms. The molecule has 0 atom stereocenters. The van der Waals surface area contributed by atoms with E-state index < -0.39 is 5.82 Å². The van der Waals surface area contributed by atoms with Gasteiger partial charge in [0.1, 0.15) is 17.3 Å². The zero-order valence-corrected chi connectivity index (χ0v) is 9.18. The Morgan fingerprint density at radius 3 is 2.76 bits per heavy atom. The van der Waals surface area contributed by atoms with Gasteiger partial charge in [0.2, 0.25) is 5.78 Å². The van der Waals surface area contributed by atoms with Crippen molar-refractivity contribution in [3.8, 4) is 5.75 Å². The molecule has 2 aromatic rings. The molecule has 0 aliphatic heterocycles. The molecule has 1 heterocycles. The first-order chi connectivity index (χ1) is 8.20. The Labute approximate surface area is 97.9 Å². The van der Waals surface area contributed by atoms with Crippen molar-refractivity contribution in [2.45, 2.75) is 0 Å². The van der Waals surface area contributed by atoms with Gasteiger partial charge < -0.3 is 4.74 Å². The fraction of sp³-hybridized carbons (Fsp3) is 0.0769. The maximum atomic E-state index is 12.7. The molecular formula is C13H10FNO2. The van der Waals surface area contributed by atoms with Crippen molar-refractivity contribution in [1.82, 2.24) is 4.98 Å². The summed E-state index contributed by atoms with van der Waals surface area (Å²) in [5.74, 6) is -0.131. The molecule has 0 saturated heterocycles. The van der Waals surface area contributed by atoms with Gasteiger partial charge in [-0.15, -0.1) is 0 Å². The van der Waals surface area contributed by atoms with E-state index in [0.29, 0.717) is 11.3 Å². The molecule has 0 amide bonds. The number of halogens is 1. The average molecular weight is 231 g/mol. The van der Waals surface area contributed by atoms with E-state index in [0.717, 1.165) is 6.20 Å². The molecule has 0 aliphatic rings. The van der Waals surface area contributed by atoms with Crippen LogP contribution in [-0.2, 0) is 0 Å². The first-order valence-corrected chi connectivity index (χ1v) is 5.01. The lowest BCUT2D eigenvalue weighted by Crippen LogP contribution is -2.04. The van der Waals surface area contributed by atoms with Gasteiger partial charge in [-0.05, 0) is 24.3 Å². The minimum Gasteiger partial charge on any atom is -0.497 e. The molecule has 0 saturated carbocycles. The summed E-state index contributed by atoms with van der Waals surface area (Å²) in [5, 5.41) is 0. The fourth-order valence-corrected chi connectivity index (χ4v) is 1.42. The summed E-state index contributed by atoms with van der Waals surface area (Å²) in [4.78, 5) is 15.7. The predicted molar refractivity (Wildman–Crippen MR) is 60.6 cm³/mol. The van der Waals surface area contributed by atoms with Crippen LogP contribution < -0.4 is 4.74 Å². The van der Waals surface area contributed by atoms with Crippen molar-refractivity contribution >= 4 is 5.78 Å². The summed E-state index contributed by atoms with van der Waals surface area (Å²) >= 11 is 0. The van der Waals surface area contributed by atoms with Gasteiger partial charge in [0.05, 0.1) is 13.3 Å². The van der Waals surface area contributed by atoms with E-state index in [-0.39, 0.29) is 11.5 Å². The molecule has 1 aromatic carbocycles. The summed E-state index contributed by atoms with van der Waals surface area (Å²) in [7, 11) is 1.53. The summed E-state index contributed by atoms with van der Waals surface area (Å²) in [6.45, 7) is 0. The van der Waals surface area contributed by atoms with E-state index in [1.54, 1.807) is 24.3 Å². The van der Waals surface area contributed by atoms with Crippen LogP contribution in [0.5, 0.6) is 5.75 Å².